The molecule has 0 bridgehead atoms. The van der Waals surface area contributed by atoms with E-state index in [0.717, 1.165) is 17.8 Å². The largest absolute Gasteiger partial charge is 0.366 e. The third-order valence-electron chi connectivity index (χ3n) is 4.91. The standard InChI is InChI=1S/C21H27N3/c1-5-24-20-12-11-17(13-19(20)16(2)14-21(24,3)4)15-22-23-18-9-7-6-8-10-18/h6-13,15-16,23H,5,14H2,1-4H3/b22-15-/t16-/m1/s1. The van der Waals surface area contributed by atoms with E-state index in [1.165, 1.54) is 17.7 Å². The van der Waals surface area contributed by atoms with Crippen LogP contribution < -0.4 is 10.3 Å². The summed E-state index contributed by atoms with van der Waals surface area (Å²) in [6, 6.07) is 16.7. The SMILES string of the molecule is CCN1c2ccc(/C=N\Nc3ccccc3)cc2[C@H](C)CC1(C)C. The summed E-state index contributed by atoms with van der Waals surface area (Å²) in [7, 11) is 0. The lowest BCUT2D eigenvalue weighted by Gasteiger charge is -2.47. The zero-order chi connectivity index (χ0) is 17.2. The van der Waals surface area contributed by atoms with Crippen molar-refractivity contribution in [1.29, 1.82) is 0 Å². The van der Waals surface area contributed by atoms with E-state index in [2.05, 4.69) is 61.3 Å². The van der Waals surface area contributed by atoms with Gasteiger partial charge in [-0.2, -0.15) is 5.10 Å². The van der Waals surface area contributed by atoms with Crippen LogP contribution in [-0.2, 0) is 0 Å². The molecule has 1 heterocycles. The number of fused-ring (bicyclic) bond motifs is 1. The van der Waals surface area contributed by atoms with Crippen molar-refractivity contribution in [3.05, 3.63) is 59.7 Å². The highest BCUT2D eigenvalue weighted by Gasteiger charge is 2.35. The summed E-state index contributed by atoms with van der Waals surface area (Å²) in [4.78, 5) is 2.52. The van der Waals surface area contributed by atoms with E-state index < -0.39 is 0 Å². The van der Waals surface area contributed by atoms with Crippen LogP contribution in [0.25, 0.3) is 0 Å². The molecule has 3 heteroatoms. The van der Waals surface area contributed by atoms with Gasteiger partial charge in [-0.25, -0.2) is 0 Å². The second-order valence-corrected chi connectivity index (χ2v) is 7.22. The highest BCUT2D eigenvalue weighted by molar-refractivity contribution is 5.82. The molecule has 0 unspecified atom stereocenters. The molecule has 0 saturated heterocycles. The Labute approximate surface area is 145 Å². The predicted octanol–water partition coefficient (Wildman–Crippen LogP) is 5.24. The van der Waals surface area contributed by atoms with Gasteiger partial charge in [0.25, 0.3) is 0 Å². The van der Waals surface area contributed by atoms with E-state index in [1.807, 2.05) is 36.5 Å². The summed E-state index contributed by atoms with van der Waals surface area (Å²) in [5.41, 5.74) is 8.23. The molecule has 0 aromatic heterocycles. The maximum atomic E-state index is 4.36. The molecule has 1 N–H and O–H groups in total. The second kappa shape index (κ2) is 6.68. The first-order valence-electron chi connectivity index (χ1n) is 8.77. The summed E-state index contributed by atoms with van der Waals surface area (Å²) in [5, 5.41) is 4.36. The van der Waals surface area contributed by atoms with Crippen LogP contribution in [0.3, 0.4) is 0 Å². The maximum Gasteiger partial charge on any atom is 0.0561 e. The van der Waals surface area contributed by atoms with Crippen molar-refractivity contribution >= 4 is 17.6 Å². The van der Waals surface area contributed by atoms with Crippen LogP contribution in [-0.4, -0.2) is 18.3 Å². The van der Waals surface area contributed by atoms with Gasteiger partial charge in [-0.15, -0.1) is 0 Å². The van der Waals surface area contributed by atoms with Gasteiger partial charge in [0.1, 0.15) is 0 Å². The molecule has 2 aromatic carbocycles. The van der Waals surface area contributed by atoms with Crippen LogP contribution >= 0.6 is 0 Å². The first-order chi connectivity index (χ1) is 11.5. The van der Waals surface area contributed by atoms with Gasteiger partial charge in [0.05, 0.1) is 11.9 Å². The van der Waals surface area contributed by atoms with E-state index >= 15 is 0 Å². The Morgan fingerprint density at radius 3 is 2.67 bits per heavy atom. The molecule has 1 aliphatic heterocycles. The molecular weight excluding hydrogens is 294 g/mol. The topological polar surface area (TPSA) is 27.6 Å². The van der Waals surface area contributed by atoms with Gasteiger partial charge in [-0.1, -0.05) is 31.2 Å². The molecule has 24 heavy (non-hydrogen) atoms. The number of benzene rings is 2. The van der Waals surface area contributed by atoms with Gasteiger partial charge in [0.15, 0.2) is 0 Å². The minimum absolute atomic E-state index is 0.214. The van der Waals surface area contributed by atoms with Crippen molar-refractivity contribution in [2.45, 2.75) is 45.6 Å². The monoisotopic (exact) mass is 321 g/mol. The third-order valence-corrected chi connectivity index (χ3v) is 4.91. The number of hydrogen-bond acceptors (Lipinski definition) is 3. The van der Waals surface area contributed by atoms with E-state index in [1.54, 1.807) is 0 Å². The number of nitrogens with zero attached hydrogens (tertiary/aromatic N) is 2. The van der Waals surface area contributed by atoms with Crippen molar-refractivity contribution in [3.8, 4) is 0 Å². The highest BCUT2D eigenvalue weighted by Crippen LogP contribution is 2.43. The van der Waals surface area contributed by atoms with Gasteiger partial charge in [-0.05, 0) is 68.5 Å². The average Bonchev–Trinajstić information content (AvgIpc) is 2.56. The van der Waals surface area contributed by atoms with Crippen LogP contribution in [0.1, 0.15) is 51.2 Å². The smallest absolute Gasteiger partial charge is 0.0561 e. The van der Waals surface area contributed by atoms with E-state index in [0.29, 0.717) is 5.92 Å². The Morgan fingerprint density at radius 2 is 1.96 bits per heavy atom. The number of hydrazone groups is 1. The summed E-state index contributed by atoms with van der Waals surface area (Å²) in [6.07, 6.45) is 3.08. The molecule has 126 valence electrons. The van der Waals surface area contributed by atoms with Gasteiger partial charge < -0.3 is 4.90 Å². The lowest BCUT2D eigenvalue weighted by Crippen LogP contribution is -2.48. The highest BCUT2D eigenvalue weighted by atomic mass is 15.3. The first-order valence-corrected chi connectivity index (χ1v) is 8.77. The fourth-order valence-electron chi connectivity index (χ4n) is 3.88. The first kappa shape index (κ1) is 16.6. The van der Waals surface area contributed by atoms with Crippen LogP contribution in [0, 0.1) is 0 Å². The molecule has 3 rings (SSSR count). The van der Waals surface area contributed by atoms with Crippen molar-refractivity contribution in [3.63, 3.8) is 0 Å². The molecule has 3 nitrogen and oxygen atoms in total. The molecule has 0 aliphatic carbocycles. The minimum atomic E-state index is 0.214. The maximum absolute atomic E-state index is 4.36. The third kappa shape index (κ3) is 3.30. The zero-order valence-electron chi connectivity index (χ0n) is 15.1. The van der Waals surface area contributed by atoms with Gasteiger partial charge in [0, 0.05) is 17.8 Å². The molecule has 0 spiro atoms. The normalized spacial score (nSPS) is 19.3. The number of rotatable bonds is 4. The molecule has 0 saturated carbocycles. The molecule has 0 fully saturated rings. The fraction of sp³-hybridized carbons (Fsp3) is 0.381. The molecule has 1 atom stereocenters. The summed E-state index contributed by atoms with van der Waals surface area (Å²) in [6.45, 7) is 10.3. The summed E-state index contributed by atoms with van der Waals surface area (Å²) in [5.74, 6) is 0.563. The van der Waals surface area contributed by atoms with Gasteiger partial charge >= 0.3 is 0 Å². The second-order valence-electron chi connectivity index (χ2n) is 7.22. The Morgan fingerprint density at radius 1 is 1.21 bits per heavy atom. The number of hydrogen-bond donors (Lipinski definition) is 1. The summed E-state index contributed by atoms with van der Waals surface area (Å²) < 4.78 is 0. The van der Waals surface area contributed by atoms with Crippen molar-refractivity contribution < 1.29 is 0 Å². The Hall–Kier alpha value is -2.29. The number of anilines is 2. The van der Waals surface area contributed by atoms with E-state index in [9.17, 15) is 0 Å². The molecule has 0 amide bonds. The van der Waals surface area contributed by atoms with Crippen molar-refractivity contribution in [1.82, 2.24) is 0 Å². The summed E-state index contributed by atoms with van der Waals surface area (Å²) >= 11 is 0. The van der Waals surface area contributed by atoms with Crippen LogP contribution in [0.2, 0.25) is 0 Å². The van der Waals surface area contributed by atoms with E-state index in [-0.39, 0.29) is 5.54 Å². The lowest BCUT2D eigenvalue weighted by molar-refractivity contribution is 0.381. The van der Waals surface area contributed by atoms with Gasteiger partial charge in [-0.3, -0.25) is 5.43 Å². The zero-order valence-corrected chi connectivity index (χ0v) is 15.1. The molecule has 0 radical (unpaired) electrons. The molecule has 2 aromatic rings. The Kier molecular flexibility index (Phi) is 4.61. The van der Waals surface area contributed by atoms with Crippen LogP contribution in [0.4, 0.5) is 11.4 Å². The fourth-order valence-corrected chi connectivity index (χ4v) is 3.88. The van der Waals surface area contributed by atoms with Gasteiger partial charge in [0.2, 0.25) is 0 Å². The van der Waals surface area contributed by atoms with Crippen LogP contribution in [0.15, 0.2) is 53.6 Å². The number of para-hydroxylation sites is 1. The number of nitrogens with one attached hydrogen (secondary N) is 1. The Balaban J connectivity index is 1.82. The molecule has 1 aliphatic rings. The predicted molar refractivity (Wildman–Crippen MR) is 104 cm³/mol. The van der Waals surface area contributed by atoms with E-state index in [4.69, 9.17) is 0 Å². The average molecular weight is 321 g/mol. The lowest BCUT2D eigenvalue weighted by atomic mass is 9.79. The Bertz CT molecular complexity index is 719. The quantitative estimate of drug-likeness (QED) is 0.615. The van der Waals surface area contributed by atoms with Crippen molar-refractivity contribution in [2.24, 2.45) is 5.10 Å². The van der Waals surface area contributed by atoms with Crippen LogP contribution in [0.5, 0.6) is 0 Å². The minimum Gasteiger partial charge on any atom is -0.366 e. The van der Waals surface area contributed by atoms with Crippen molar-refractivity contribution in [2.75, 3.05) is 16.9 Å². The molecular formula is C21H27N3.